The molecule has 2 aromatic heterocycles. The molecule has 0 amide bonds. The van der Waals surface area contributed by atoms with Gasteiger partial charge >= 0.3 is 0 Å². The maximum atomic E-state index is 13.0. The van der Waals surface area contributed by atoms with Crippen molar-refractivity contribution in [2.45, 2.75) is 18.9 Å². The fourth-order valence-corrected chi connectivity index (χ4v) is 2.71. The average molecular weight is 340 g/mol. The lowest BCUT2D eigenvalue weighted by atomic mass is 10.2. The van der Waals surface area contributed by atoms with E-state index in [1.807, 2.05) is 12.1 Å². The van der Waals surface area contributed by atoms with Crippen LogP contribution in [0.4, 0.5) is 10.2 Å². The molecule has 0 bridgehead atoms. The van der Waals surface area contributed by atoms with Crippen LogP contribution < -0.4 is 5.32 Å². The second-order valence-electron chi connectivity index (χ2n) is 5.88. The van der Waals surface area contributed by atoms with Crippen molar-refractivity contribution < 1.29 is 13.7 Å². The minimum Gasteiger partial charge on any atom is -0.376 e. The van der Waals surface area contributed by atoms with Gasteiger partial charge in [0.1, 0.15) is 11.6 Å². The summed E-state index contributed by atoms with van der Waals surface area (Å²) in [6.45, 7) is 1.59. The predicted octanol–water partition coefficient (Wildman–Crippen LogP) is 3.53. The van der Waals surface area contributed by atoms with Gasteiger partial charge < -0.3 is 14.6 Å². The number of rotatable bonds is 5. The Hall–Kier alpha value is -2.80. The summed E-state index contributed by atoms with van der Waals surface area (Å²) in [6.07, 6.45) is 4.14. The fraction of sp³-hybridized carbons (Fsp3) is 0.278. The van der Waals surface area contributed by atoms with E-state index in [1.165, 1.54) is 12.1 Å². The van der Waals surface area contributed by atoms with Crippen molar-refractivity contribution in [2.75, 3.05) is 18.5 Å². The average Bonchev–Trinajstić information content (AvgIpc) is 3.33. The highest BCUT2D eigenvalue weighted by atomic mass is 19.1. The molecule has 1 unspecified atom stereocenters. The monoisotopic (exact) mass is 340 g/mol. The van der Waals surface area contributed by atoms with Crippen molar-refractivity contribution >= 4 is 5.82 Å². The lowest BCUT2D eigenvalue weighted by Crippen LogP contribution is -2.18. The molecule has 128 valence electrons. The molecule has 1 aliphatic heterocycles. The second-order valence-corrected chi connectivity index (χ2v) is 5.88. The number of hydrogen-bond acceptors (Lipinski definition) is 6. The highest BCUT2D eigenvalue weighted by Gasteiger charge is 2.15. The quantitative estimate of drug-likeness (QED) is 0.766. The molecule has 1 fully saturated rings. The van der Waals surface area contributed by atoms with Crippen molar-refractivity contribution in [3.8, 4) is 22.8 Å². The molecule has 0 aliphatic carbocycles. The van der Waals surface area contributed by atoms with Crippen LogP contribution in [0.5, 0.6) is 0 Å². The summed E-state index contributed by atoms with van der Waals surface area (Å²) < 4.78 is 23.8. The summed E-state index contributed by atoms with van der Waals surface area (Å²) in [7, 11) is 0. The smallest absolute Gasteiger partial charge is 0.259 e. The first-order valence-corrected chi connectivity index (χ1v) is 8.19. The fourth-order valence-electron chi connectivity index (χ4n) is 2.71. The van der Waals surface area contributed by atoms with Gasteiger partial charge in [-0.3, -0.25) is 0 Å². The van der Waals surface area contributed by atoms with Crippen molar-refractivity contribution in [1.29, 1.82) is 0 Å². The third kappa shape index (κ3) is 3.66. The molecule has 6 nitrogen and oxygen atoms in total. The summed E-state index contributed by atoms with van der Waals surface area (Å²) in [5, 5.41) is 7.20. The highest BCUT2D eigenvalue weighted by Crippen LogP contribution is 2.22. The number of hydrogen-bond donors (Lipinski definition) is 1. The largest absolute Gasteiger partial charge is 0.376 e. The topological polar surface area (TPSA) is 73.1 Å². The number of aromatic nitrogens is 3. The number of benzene rings is 1. The number of ether oxygens (including phenoxy) is 1. The molecule has 1 saturated heterocycles. The molecule has 1 aromatic carbocycles. The van der Waals surface area contributed by atoms with Crippen molar-refractivity contribution in [3.05, 3.63) is 48.4 Å². The third-order valence-corrected chi connectivity index (χ3v) is 4.07. The molecule has 0 spiro atoms. The SMILES string of the molecule is Fc1ccc(-c2noc(-c3ccc(NCC4CCCO4)nc3)n2)cc1. The van der Waals surface area contributed by atoms with E-state index in [-0.39, 0.29) is 11.9 Å². The van der Waals surface area contributed by atoms with Crippen LogP contribution in [0.1, 0.15) is 12.8 Å². The van der Waals surface area contributed by atoms with Gasteiger partial charge in [-0.15, -0.1) is 0 Å². The summed E-state index contributed by atoms with van der Waals surface area (Å²) in [5.41, 5.74) is 1.42. The third-order valence-electron chi connectivity index (χ3n) is 4.07. The molecule has 1 aliphatic rings. The molecule has 3 aromatic rings. The van der Waals surface area contributed by atoms with Gasteiger partial charge in [0.2, 0.25) is 5.82 Å². The van der Waals surface area contributed by atoms with Crippen LogP contribution in [0, 0.1) is 5.82 Å². The summed E-state index contributed by atoms with van der Waals surface area (Å²) >= 11 is 0. The zero-order valence-corrected chi connectivity index (χ0v) is 13.5. The maximum absolute atomic E-state index is 13.0. The van der Waals surface area contributed by atoms with E-state index < -0.39 is 0 Å². The number of nitrogens with one attached hydrogen (secondary N) is 1. The Morgan fingerprint density at radius 1 is 1.12 bits per heavy atom. The first kappa shape index (κ1) is 15.7. The van der Waals surface area contributed by atoms with Crippen LogP contribution in [-0.2, 0) is 4.74 Å². The number of anilines is 1. The minimum atomic E-state index is -0.303. The second kappa shape index (κ2) is 6.98. The van der Waals surface area contributed by atoms with Crippen LogP contribution in [0.2, 0.25) is 0 Å². The summed E-state index contributed by atoms with van der Waals surface area (Å²) in [4.78, 5) is 8.70. The van der Waals surface area contributed by atoms with E-state index in [4.69, 9.17) is 9.26 Å². The van der Waals surface area contributed by atoms with Gasteiger partial charge in [-0.2, -0.15) is 4.98 Å². The molecule has 3 heterocycles. The molecule has 4 rings (SSSR count). The number of nitrogens with zero attached hydrogens (tertiary/aromatic N) is 3. The zero-order chi connectivity index (χ0) is 17.1. The minimum absolute atomic E-state index is 0.260. The maximum Gasteiger partial charge on any atom is 0.259 e. The molecular weight excluding hydrogens is 323 g/mol. The number of pyridine rings is 1. The van der Waals surface area contributed by atoms with Gasteiger partial charge in [-0.1, -0.05) is 5.16 Å². The van der Waals surface area contributed by atoms with Crippen LogP contribution in [-0.4, -0.2) is 34.4 Å². The molecule has 1 atom stereocenters. The molecule has 0 radical (unpaired) electrons. The Morgan fingerprint density at radius 2 is 1.96 bits per heavy atom. The van der Waals surface area contributed by atoms with Gasteiger partial charge in [-0.05, 0) is 49.2 Å². The lowest BCUT2D eigenvalue weighted by molar-refractivity contribution is 0.120. The zero-order valence-electron chi connectivity index (χ0n) is 13.5. The Morgan fingerprint density at radius 3 is 2.68 bits per heavy atom. The van der Waals surface area contributed by atoms with E-state index in [9.17, 15) is 4.39 Å². The summed E-state index contributed by atoms with van der Waals surface area (Å²) in [6, 6.07) is 9.68. The van der Waals surface area contributed by atoms with Gasteiger partial charge in [0.05, 0.1) is 11.7 Å². The van der Waals surface area contributed by atoms with Gasteiger partial charge in [0.25, 0.3) is 5.89 Å². The molecule has 7 heteroatoms. The Kier molecular flexibility index (Phi) is 4.39. The first-order chi connectivity index (χ1) is 12.3. The molecule has 0 saturated carbocycles. The van der Waals surface area contributed by atoms with Crippen molar-refractivity contribution in [2.24, 2.45) is 0 Å². The van der Waals surface area contributed by atoms with Crippen LogP contribution in [0.15, 0.2) is 47.1 Å². The Bertz CT molecular complexity index is 827. The normalized spacial score (nSPS) is 16.9. The van der Waals surface area contributed by atoms with Crippen LogP contribution >= 0.6 is 0 Å². The Labute approximate surface area is 144 Å². The van der Waals surface area contributed by atoms with E-state index in [0.717, 1.165) is 37.4 Å². The van der Waals surface area contributed by atoms with Crippen LogP contribution in [0.25, 0.3) is 22.8 Å². The van der Waals surface area contributed by atoms with E-state index in [2.05, 4.69) is 20.4 Å². The van der Waals surface area contributed by atoms with Crippen molar-refractivity contribution in [1.82, 2.24) is 15.1 Å². The van der Waals surface area contributed by atoms with E-state index >= 15 is 0 Å². The van der Waals surface area contributed by atoms with E-state index in [1.54, 1.807) is 18.3 Å². The van der Waals surface area contributed by atoms with Crippen molar-refractivity contribution in [3.63, 3.8) is 0 Å². The van der Waals surface area contributed by atoms with Gasteiger partial charge in [0.15, 0.2) is 0 Å². The molecule has 25 heavy (non-hydrogen) atoms. The highest BCUT2D eigenvalue weighted by molar-refractivity contribution is 5.60. The van der Waals surface area contributed by atoms with Crippen LogP contribution in [0.3, 0.4) is 0 Å². The lowest BCUT2D eigenvalue weighted by Gasteiger charge is -2.11. The standard InChI is InChI=1S/C18H17FN4O2/c19-14-6-3-12(4-7-14)17-22-18(25-23-17)13-5-8-16(20-10-13)21-11-15-2-1-9-24-15/h3-8,10,15H,1-2,9,11H2,(H,20,21). The molecule has 1 N–H and O–H groups in total. The predicted molar refractivity (Wildman–Crippen MR) is 90.4 cm³/mol. The van der Waals surface area contributed by atoms with Gasteiger partial charge in [-0.25, -0.2) is 9.37 Å². The number of halogens is 1. The first-order valence-electron chi connectivity index (χ1n) is 8.19. The Balaban J connectivity index is 1.44. The van der Waals surface area contributed by atoms with Gasteiger partial charge in [0, 0.05) is 24.9 Å². The summed E-state index contributed by atoms with van der Waals surface area (Å²) in [5.74, 6) is 1.26. The molecular formula is C18H17FN4O2. The van der Waals surface area contributed by atoms with E-state index in [0.29, 0.717) is 17.3 Å².